The number of likely N-dealkylation sites (tertiary alicyclic amines) is 1. The van der Waals surface area contributed by atoms with Gasteiger partial charge in [-0.15, -0.1) is 0 Å². The van der Waals surface area contributed by atoms with Crippen molar-refractivity contribution in [3.05, 3.63) is 35.4 Å². The maximum atomic E-state index is 13.4. The van der Waals surface area contributed by atoms with Crippen LogP contribution in [0.4, 0.5) is 13.6 Å². The monoisotopic (exact) mass is 349 g/mol. The fourth-order valence-electron chi connectivity index (χ4n) is 2.67. The molecule has 2 atom stereocenters. The van der Waals surface area contributed by atoms with Crippen molar-refractivity contribution in [2.45, 2.75) is 18.9 Å². The van der Waals surface area contributed by atoms with E-state index >= 15 is 0 Å². The molecule has 1 aromatic rings. The first-order chi connectivity index (χ1) is 10.7. The summed E-state index contributed by atoms with van der Waals surface area (Å²) in [7, 11) is -3.59. The number of piperidine rings is 1. The summed E-state index contributed by atoms with van der Waals surface area (Å²) in [5.74, 6) is -2.26. The highest BCUT2D eigenvalue weighted by Gasteiger charge is 2.33. The third-order valence-electron chi connectivity index (χ3n) is 3.80. The third kappa shape index (κ3) is 4.61. The predicted molar refractivity (Wildman–Crippen MR) is 77.3 cm³/mol. The van der Waals surface area contributed by atoms with Crippen molar-refractivity contribution in [3.63, 3.8) is 0 Å². The Hall–Kier alpha value is -1.74. The van der Waals surface area contributed by atoms with Crippen molar-refractivity contribution >= 4 is 16.2 Å². The molecule has 6 nitrogen and oxygen atoms in total. The third-order valence-corrected chi connectivity index (χ3v) is 4.37. The van der Waals surface area contributed by atoms with Crippen molar-refractivity contribution in [2.75, 3.05) is 19.4 Å². The second-order valence-corrected chi connectivity index (χ2v) is 7.19. The van der Waals surface area contributed by atoms with Crippen LogP contribution in [-0.2, 0) is 14.3 Å². The van der Waals surface area contributed by atoms with Crippen LogP contribution in [0.3, 0.4) is 0 Å². The van der Waals surface area contributed by atoms with E-state index in [0.717, 1.165) is 23.3 Å². The molecule has 9 heteroatoms. The Kier molecular flexibility index (Phi) is 5.20. The molecule has 2 rings (SSSR count). The van der Waals surface area contributed by atoms with Gasteiger partial charge >= 0.3 is 6.09 Å². The second kappa shape index (κ2) is 6.79. The number of nitrogens with zero attached hydrogens (tertiary/aromatic N) is 1. The average Bonchev–Trinajstić information content (AvgIpc) is 2.47. The zero-order valence-electron chi connectivity index (χ0n) is 12.4. The van der Waals surface area contributed by atoms with Crippen molar-refractivity contribution in [1.82, 2.24) is 4.90 Å². The topological polar surface area (TPSA) is 83.9 Å². The summed E-state index contributed by atoms with van der Waals surface area (Å²) in [6, 6.07) is 2.57. The summed E-state index contributed by atoms with van der Waals surface area (Å²) in [4.78, 5) is 12.5. The molecule has 1 saturated heterocycles. The SMILES string of the molecule is CS(=O)(=O)OCC1CCN(C(=O)O)C(c2ccc(F)c(F)c2)C1. The fraction of sp³-hybridized carbons (Fsp3) is 0.500. The minimum atomic E-state index is -3.59. The highest BCUT2D eigenvalue weighted by atomic mass is 32.2. The van der Waals surface area contributed by atoms with Gasteiger partial charge in [0.2, 0.25) is 0 Å². The number of hydrogen-bond donors (Lipinski definition) is 1. The number of carbonyl (C=O) groups is 1. The molecule has 1 aliphatic rings. The van der Waals surface area contributed by atoms with Gasteiger partial charge in [-0.25, -0.2) is 13.6 Å². The van der Waals surface area contributed by atoms with Crippen molar-refractivity contribution in [2.24, 2.45) is 5.92 Å². The van der Waals surface area contributed by atoms with Gasteiger partial charge in [0.1, 0.15) is 0 Å². The van der Waals surface area contributed by atoms with Crippen molar-refractivity contribution in [3.8, 4) is 0 Å². The molecule has 128 valence electrons. The summed E-state index contributed by atoms with van der Waals surface area (Å²) < 4.78 is 53.4. The lowest BCUT2D eigenvalue weighted by Gasteiger charge is -2.37. The standard InChI is InChI=1S/C14H17F2NO5S/c1-23(20,21)22-8-9-4-5-17(14(18)19)13(6-9)10-2-3-11(15)12(16)7-10/h2-3,7,9,13H,4-6,8H2,1H3,(H,18,19). The van der Waals surface area contributed by atoms with Gasteiger partial charge in [-0.3, -0.25) is 4.18 Å². The van der Waals surface area contributed by atoms with Gasteiger partial charge in [-0.2, -0.15) is 8.42 Å². The molecule has 2 unspecified atom stereocenters. The number of amides is 1. The minimum absolute atomic E-state index is 0.0630. The zero-order chi connectivity index (χ0) is 17.2. The fourth-order valence-corrected chi connectivity index (χ4v) is 3.11. The van der Waals surface area contributed by atoms with Crippen LogP contribution < -0.4 is 0 Å². The van der Waals surface area contributed by atoms with Gasteiger partial charge in [0.15, 0.2) is 11.6 Å². The van der Waals surface area contributed by atoms with Crippen LogP contribution in [0.1, 0.15) is 24.4 Å². The van der Waals surface area contributed by atoms with Crippen LogP contribution in [0.25, 0.3) is 0 Å². The van der Waals surface area contributed by atoms with Crippen LogP contribution in [-0.4, -0.2) is 43.9 Å². The Morgan fingerprint density at radius 3 is 2.65 bits per heavy atom. The van der Waals surface area contributed by atoms with E-state index in [-0.39, 0.29) is 25.5 Å². The van der Waals surface area contributed by atoms with Crippen LogP contribution >= 0.6 is 0 Å². The lowest BCUT2D eigenvalue weighted by molar-refractivity contribution is 0.0766. The highest BCUT2D eigenvalue weighted by molar-refractivity contribution is 7.85. The molecular weight excluding hydrogens is 332 g/mol. The number of carboxylic acid groups (broad SMARTS) is 1. The second-order valence-electron chi connectivity index (χ2n) is 5.54. The van der Waals surface area contributed by atoms with E-state index in [0.29, 0.717) is 12.0 Å². The zero-order valence-corrected chi connectivity index (χ0v) is 13.2. The molecule has 1 fully saturated rings. The highest BCUT2D eigenvalue weighted by Crippen LogP contribution is 2.35. The molecular formula is C14H17F2NO5S. The summed E-state index contributed by atoms with van der Waals surface area (Å²) >= 11 is 0. The van der Waals surface area contributed by atoms with Crippen LogP contribution in [0, 0.1) is 17.6 Å². The Morgan fingerprint density at radius 1 is 1.39 bits per heavy atom. The number of halogens is 2. The van der Waals surface area contributed by atoms with E-state index in [2.05, 4.69) is 0 Å². The Balaban J connectivity index is 2.20. The maximum absolute atomic E-state index is 13.4. The normalized spacial score (nSPS) is 22.1. The lowest BCUT2D eigenvalue weighted by Crippen LogP contribution is -2.41. The van der Waals surface area contributed by atoms with E-state index in [1.165, 1.54) is 6.07 Å². The van der Waals surface area contributed by atoms with Gasteiger partial charge in [-0.1, -0.05) is 6.07 Å². The minimum Gasteiger partial charge on any atom is -0.465 e. The van der Waals surface area contributed by atoms with Crippen molar-refractivity contribution < 1.29 is 31.3 Å². The molecule has 0 saturated carbocycles. The van der Waals surface area contributed by atoms with E-state index < -0.39 is 33.9 Å². The van der Waals surface area contributed by atoms with Crippen LogP contribution in [0.5, 0.6) is 0 Å². The Morgan fingerprint density at radius 2 is 2.09 bits per heavy atom. The predicted octanol–water partition coefficient (Wildman–Crippen LogP) is 2.37. The smallest absolute Gasteiger partial charge is 0.407 e. The molecule has 1 aromatic carbocycles. The molecule has 1 aliphatic heterocycles. The first kappa shape index (κ1) is 17.6. The number of hydrogen-bond acceptors (Lipinski definition) is 4. The van der Waals surface area contributed by atoms with Gasteiger partial charge in [-0.05, 0) is 36.5 Å². The first-order valence-electron chi connectivity index (χ1n) is 6.96. The molecule has 0 radical (unpaired) electrons. The molecule has 0 aliphatic carbocycles. The molecule has 1 amide bonds. The summed E-state index contributed by atoms with van der Waals surface area (Å²) in [6.07, 6.45) is 0.475. The van der Waals surface area contributed by atoms with Gasteiger partial charge in [0, 0.05) is 6.54 Å². The molecule has 0 bridgehead atoms. The number of rotatable bonds is 4. The van der Waals surface area contributed by atoms with Gasteiger partial charge in [0.05, 0.1) is 18.9 Å². The molecule has 0 spiro atoms. The number of benzene rings is 1. The summed E-state index contributed by atoms with van der Waals surface area (Å²) in [5, 5.41) is 9.27. The van der Waals surface area contributed by atoms with Crippen molar-refractivity contribution in [1.29, 1.82) is 0 Å². The molecule has 0 aromatic heterocycles. The van der Waals surface area contributed by atoms with Crippen LogP contribution in [0.2, 0.25) is 0 Å². The lowest BCUT2D eigenvalue weighted by atomic mass is 9.88. The molecule has 1 N–H and O–H groups in total. The average molecular weight is 349 g/mol. The molecule has 23 heavy (non-hydrogen) atoms. The summed E-state index contributed by atoms with van der Waals surface area (Å²) in [6.45, 7) is 0.100. The van der Waals surface area contributed by atoms with E-state index in [1.807, 2.05) is 0 Å². The van der Waals surface area contributed by atoms with Gasteiger partial charge in [0.25, 0.3) is 10.1 Å². The maximum Gasteiger partial charge on any atom is 0.407 e. The quantitative estimate of drug-likeness (QED) is 0.844. The largest absolute Gasteiger partial charge is 0.465 e. The molecule has 1 heterocycles. The van der Waals surface area contributed by atoms with E-state index in [9.17, 15) is 27.1 Å². The summed E-state index contributed by atoms with van der Waals surface area (Å²) in [5.41, 5.74) is 0.329. The van der Waals surface area contributed by atoms with E-state index in [4.69, 9.17) is 4.18 Å². The Bertz CT molecular complexity index is 694. The van der Waals surface area contributed by atoms with E-state index in [1.54, 1.807) is 0 Å². The van der Waals surface area contributed by atoms with Crippen LogP contribution in [0.15, 0.2) is 18.2 Å². The van der Waals surface area contributed by atoms with Gasteiger partial charge < -0.3 is 10.0 Å². The first-order valence-corrected chi connectivity index (χ1v) is 8.78. The Labute approximate surface area is 132 Å².